The van der Waals surface area contributed by atoms with Crippen LogP contribution in [0.3, 0.4) is 0 Å². The van der Waals surface area contributed by atoms with Gasteiger partial charge in [-0.3, -0.25) is 9.59 Å². The summed E-state index contributed by atoms with van der Waals surface area (Å²) in [5.41, 5.74) is 0.215. The first-order valence-electron chi connectivity index (χ1n) is 6.40. The number of halogens is 1. The molecular formula is C14H12FN3O2S. The average molecular weight is 305 g/mol. The maximum absolute atomic E-state index is 13.7. The van der Waals surface area contributed by atoms with Gasteiger partial charge in [0.15, 0.2) is 5.13 Å². The monoisotopic (exact) mass is 305 g/mol. The molecule has 21 heavy (non-hydrogen) atoms. The number of amides is 2. The average Bonchev–Trinajstić information content (AvgIpc) is 3.09. The Hall–Kier alpha value is -2.28. The van der Waals surface area contributed by atoms with E-state index in [9.17, 15) is 14.0 Å². The van der Waals surface area contributed by atoms with Crippen molar-refractivity contribution in [3.8, 4) is 0 Å². The Morgan fingerprint density at radius 2 is 2.24 bits per heavy atom. The number of hydrogen-bond acceptors (Lipinski definition) is 4. The first-order chi connectivity index (χ1) is 10.1. The van der Waals surface area contributed by atoms with Gasteiger partial charge in [-0.25, -0.2) is 9.37 Å². The Morgan fingerprint density at radius 1 is 1.43 bits per heavy atom. The van der Waals surface area contributed by atoms with Crippen molar-refractivity contribution in [3.05, 3.63) is 41.7 Å². The van der Waals surface area contributed by atoms with Crippen molar-refractivity contribution in [2.75, 3.05) is 16.8 Å². The largest absolute Gasteiger partial charge is 0.309 e. The molecule has 1 N–H and O–H groups in total. The summed E-state index contributed by atoms with van der Waals surface area (Å²) in [4.78, 5) is 29.4. The minimum Gasteiger partial charge on any atom is -0.309 e. The van der Waals surface area contributed by atoms with Gasteiger partial charge in [0.2, 0.25) is 11.8 Å². The van der Waals surface area contributed by atoms with Gasteiger partial charge in [-0.05, 0) is 12.1 Å². The number of aromatic nitrogens is 1. The molecule has 1 saturated heterocycles. The Labute approximate surface area is 124 Å². The number of benzene rings is 1. The minimum atomic E-state index is -0.499. The highest BCUT2D eigenvalue weighted by atomic mass is 32.1. The maximum atomic E-state index is 13.7. The lowest BCUT2D eigenvalue weighted by Crippen LogP contribution is -2.28. The Morgan fingerprint density at radius 3 is 2.95 bits per heavy atom. The Bertz CT molecular complexity index is 675. The van der Waals surface area contributed by atoms with Crippen LogP contribution in [0.5, 0.6) is 0 Å². The van der Waals surface area contributed by atoms with Gasteiger partial charge in [0.1, 0.15) is 5.82 Å². The number of para-hydroxylation sites is 1. The van der Waals surface area contributed by atoms with Crippen LogP contribution in [0.25, 0.3) is 0 Å². The lowest BCUT2D eigenvalue weighted by Gasteiger charge is -2.17. The third-order valence-corrected chi connectivity index (χ3v) is 3.99. The second kappa shape index (κ2) is 5.61. The van der Waals surface area contributed by atoms with Crippen LogP contribution in [0.4, 0.5) is 15.2 Å². The third-order valence-electron chi connectivity index (χ3n) is 3.30. The van der Waals surface area contributed by atoms with Crippen molar-refractivity contribution in [2.45, 2.75) is 6.42 Å². The van der Waals surface area contributed by atoms with E-state index in [-0.39, 0.29) is 30.5 Å². The van der Waals surface area contributed by atoms with Gasteiger partial charge in [0.05, 0.1) is 11.6 Å². The molecule has 0 radical (unpaired) electrons. The zero-order chi connectivity index (χ0) is 14.8. The number of nitrogens with one attached hydrogen (secondary N) is 1. The molecular weight excluding hydrogens is 293 g/mol. The molecule has 108 valence electrons. The molecule has 0 spiro atoms. The summed E-state index contributed by atoms with van der Waals surface area (Å²) in [6, 6.07) is 6.06. The van der Waals surface area contributed by atoms with Crippen molar-refractivity contribution in [1.82, 2.24) is 4.98 Å². The number of anilines is 2. The molecule has 1 unspecified atom stereocenters. The smallest absolute Gasteiger partial charge is 0.231 e. The summed E-state index contributed by atoms with van der Waals surface area (Å²) in [6.07, 6.45) is 1.66. The van der Waals surface area contributed by atoms with Gasteiger partial charge in [0.25, 0.3) is 0 Å². The number of carbonyl (C=O) groups excluding carboxylic acids is 2. The number of nitrogens with zero attached hydrogens (tertiary/aromatic N) is 2. The van der Waals surface area contributed by atoms with Gasteiger partial charge in [0, 0.05) is 24.5 Å². The highest BCUT2D eigenvalue weighted by Crippen LogP contribution is 2.28. The van der Waals surface area contributed by atoms with E-state index in [0.717, 1.165) is 0 Å². The number of thiazole rings is 1. The van der Waals surface area contributed by atoms with Gasteiger partial charge >= 0.3 is 0 Å². The van der Waals surface area contributed by atoms with E-state index in [0.29, 0.717) is 5.13 Å². The van der Waals surface area contributed by atoms with Crippen LogP contribution in [0, 0.1) is 11.7 Å². The van der Waals surface area contributed by atoms with Crippen molar-refractivity contribution < 1.29 is 14.0 Å². The zero-order valence-corrected chi connectivity index (χ0v) is 11.8. The summed E-state index contributed by atoms with van der Waals surface area (Å²) in [5.74, 6) is -1.48. The molecule has 1 atom stereocenters. The van der Waals surface area contributed by atoms with Crippen molar-refractivity contribution >= 4 is 34.0 Å². The van der Waals surface area contributed by atoms with Crippen LogP contribution in [0.2, 0.25) is 0 Å². The molecule has 5 nitrogen and oxygen atoms in total. The fourth-order valence-corrected chi connectivity index (χ4v) is 2.81. The van der Waals surface area contributed by atoms with E-state index in [1.807, 2.05) is 0 Å². The number of hydrogen-bond donors (Lipinski definition) is 1. The molecule has 1 aliphatic heterocycles. The van der Waals surface area contributed by atoms with E-state index in [1.165, 1.54) is 28.4 Å². The summed E-state index contributed by atoms with van der Waals surface area (Å²) < 4.78 is 13.7. The van der Waals surface area contributed by atoms with Crippen LogP contribution in [0.15, 0.2) is 35.8 Å². The predicted molar refractivity (Wildman–Crippen MR) is 77.6 cm³/mol. The fraction of sp³-hybridized carbons (Fsp3) is 0.214. The van der Waals surface area contributed by atoms with Crippen molar-refractivity contribution in [1.29, 1.82) is 0 Å². The third kappa shape index (κ3) is 2.78. The van der Waals surface area contributed by atoms with Crippen LogP contribution in [-0.4, -0.2) is 23.3 Å². The van der Waals surface area contributed by atoms with Gasteiger partial charge in [-0.1, -0.05) is 12.1 Å². The topological polar surface area (TPSA) is 62.3 Å². The fourth-order valence-electron chi connectivity index (χ4n) is 2.28. The van der Waals surface area contributed by atoms with Crippen LogP contribution in [0.1, 0.15) is 6.42 Å². The molecule has 2 aromatic rings. The van der Waals surface area contributed by atoms with Gasteiger partial charge < -0.3 is 10.2 Å². The highest BCUT2D eigenvalue weighted by molar-refractivity contribution is 7.13. The number of rotatable bonds is 3. The molecule has 7 heteroatoms. The molecule has 1 aliphatic rings. The summed E-state index contributed by atoms with van der Waals surface area (Å²) >= 11 is 1.31. The van der Waals surface area contributed by atoms with Gasteiger partial charge in [-0.15, -0.1) is 11.3 Å². The molecule has 0 bridgehead atoms. The molecule has 2 heterocycles. The normalized spacial score (nSPS) is 18.0. The summed E-state index contributed by atoms with van der Waals surface area (Å²) in [5, 5.41) is 4.91. The van der Waals surface area contributed by atoms with Gasteiger partial charge in [-0.2, -0.15) is 0 Å². The quantitative estimate of drug-likeness (QED) is 0.946. The van der Waals surface area contributed by atoms with E-state index in [2.05, 4.69) is 10.3 Å². The molecule has 1 aromatic heterocycles. The molecule has 1 aromatic carbocycles. The second-order valence-electron chi connectivity index (χ2n) is 4.68. The molecule has 0 aliphatic carbocycles. The van der Waals surface area contributed by atoms with E-state index >= 15 is 0 Å². The zero-order valence-electron chi connectivity index (χ0n) is 11.0. The SMILES string of the molecule is O=C(Nc1nccs1)C1CC(=O)N(c2ccccc2F)C1. The van der Waals surface area contributed by atoms with Crippen molar-refractivity contribution in [2.24, 2.45) is 5.92 Å². The van der Waals surface area contributed by atoms with Crippen molar-refractivity contribution in [3.63, 3.8) is 0 Å². The minimum absolute atomic E-state index is 0.0749. The lowest BCUT2D eigenvalue weighted by molar-refractivity contribution is -0.122. The second-order valence-corrected chi connectivity index (χ2v) is 5.58. The lowest BCUT2D eigenvalue weighted by atomic mass is 10.1. The highest BCUT2D eigenvalue weighted by Gasteiger charge is 2.36. The summed E-state index contributed by atoms with van der Waals surface area (Å²) in [6.45, 7) is 0.178. The Kier molecular flexibility index (Phi) is 3.66. The van der Waals surface area contributed by atoms with E-state index < -0.39 is 11.7 Å². The first-order valence-corrected chi connectivity index (χ1v) is 7.28. The van der Waals surface area contributed by atoms with E-state index in [4.69, 9.17) is 0 Å². The van der Waals surface area contributed by atoms with Crippen LogP contribution in [-0.2, 0) is 9.59 Å². The molecule has 1 fully saturated rings. The first kappa shape index (κ1) is 13.7. The standard InChI is InChI=1S/C14H12FN3O2S/c15-10-3-1-2-4-11(10)18-8-9(7-12(18)19)13(20)17-14-16-5-6-21-14/h1-6,9H,7-8H2,(H,16,17,20). The summed E-state index contributed by atoms with van der Waals surface area (Å²) in [7, 11) is 0. The maximum Gasteiger partial charge on any atom is 0.231 e. The Balaban J connectivity index is 1.73. The van der Waals surface area contributed by atoms with E-state index in [1.54, 1.807) is 23.7 Å². The van der Waals surface area contributed by atoms with Crippen LogP contribution >= 0.6 is 11.3 Å². The molecule has 2 amide bonds. The number of carbonyl (C=O) groups is 2. The molecule has 3 rings (SSSR count). The molecule has 0 saturated carbocycles. The predicted octanol–water partition coefficient (Wildman–Crippen LogP) is 2.27. The van der Waals surface area contributed by atoms with Crippen LogP contribution < -0.4 is 10.2 Å².